The smallest absolute Gasteiger partial charge is 0.314 e. The zero-order valence-corrected chi connectivity index (χ0v) is 16.3. The Morgan fingerprint density at radius 2 is 2.07 bits per heavy atom. The Bertz CT molecular complexity index is 848. The van der Waals surface area contributed by atoms with Crippen LogP contribution in [0.5, 0.6) is 0 Å². The highest BCUT2D eigenvalue weighted by Crippen LogP contribution is 2.52. The molecule has 3 atom stereocenters. The third-order valence-electron chi connectivity index (χ3n) is 6.67. The Kier molecular flexibility index (Phi) is 4.46. The largest absolute Gasteiger partial charge is 0.466 e. The molecule has 1 aliphatic carbocycles. The Labute approximate surface area is 165 Å². The van der Waals surface area contributed by atoms with Gasteiger partial charge in [0.05, 0.1) is 18.6 Å². The molecule has 3 heterocycles. The van der Waals surface area contributed by atoms with Crippen LogP contribution in [-0.2, 0) is 22.5 Å². The summed E-state index contributed by atoms with van der Waals surface area (Å²) in [5, 5.41) is 4.15. The minimum absolute atomic E-state index is 0.0553. The van der Waals surface area contributed by atoms with Crippen molar-refractivity contribution in [3.8, 4) is 0 Å². The fourth-order valence-electron chi connectivity index (χ4n) is 5.26. The van der Waals surface area contributed by atoms with Gasteiger partial charge in [0.2, 0.25) is 5.89 Å². The Hall–Kier alpha value is -2.21. The number of aromatic nitrogens is 2. The minimum Gasteiger partial charge on any atom is -0.466 e. The number of esters is 1. The van der Waals surface area contributed by atoms with Crippen LogP contribution < -0.4 is 0 Å². The van der Waals surface area contributed by atoms with E-state index in [9.17, 15) is 4.79 Å². The van der Waals surface area contributed by atoms with E-state index in [-0.39, 0.29) is 12.0 Å². The molecule has 148 valence electrons. The molecule has 1 aromatic heterocycles. The molecule has 2 saturated heterocycles. The van der Waals surface area contributed by atoms with Gasteiger partial charge >= 0.3 is 5.97 Å². The quantitative estimate of drug-likeness (QED) is 0.684. The summed E-state index contributed by atoms with van der Waals surface area (Å²) in [6, 6.07) is 10.8. The minimum atomic E-state index is -0.486. The van der Waals surface area contributed by atoms with Gasteiger partial charge in [0.15, 0.2) is 5.82 Å². The second kappa shape index (κ2) is 6.99. The van der Waals surface area contributed by atoms with E-state index in [1.165, 1.54) is 5.56 Å². The number of hydrogen-bond donors (Lipinski definition) is 0. The highest BCUT2D eigenvalue weighted by Gasteiger charge is 2.60. The highest BCUT2D eigenvalue weighted by atomic mass is 16.5. The first-order chi connectivity index (χ1) is 13.7. The van der Waals surface area contributed by atoms with Crippen molar-refractivity contribution in [3.63, 3.8) is 0 Å². The first kappa shape index (κ1) is 17.9. The zero-order chi connectivity index (χ0) is 19.1. The van der Waals surface area contributed by atoms with Crippen LogP contribution in [0.25, 0.3) is 0 Å². The maximum Gasteiger partial charge on any atom is 0.314 e. The summed E-state index contributed by atoms with van der Waals surface area (Å²) in [6.45, 7) is 2.93. The molecule has 0 spiro atoms. The van der Waals surface area contributed by atoms with E-state index in [0.29, 0.717) is 31.0 Å². The van der Waals surface area contributed by atoms with Gasteiger partial charge in [0, 0.05) is 18.0 Å². The topological polar surface area (TPSA) is 68.5 Å². The maximum absolute atomic E-state index is 13.2. The van der Waals surface area contributed by atoms with Crippen molar-refractivity contribution in [1.82, 2.24) is 15.0 Å². The Morgan fingerprint density at radius 1 is 1.25 bits per heavy atom. The molecule has 0 amide bonds. The number of rotatable bonds is 7. The lowest BCUT2D eigenvalue weighted by atomic mass is 9.70. The van der Waals surface area contributed by atoms with Crippen LogP contribution in [0.3, 0.4) is 0 Å². The normalized spacial score (nSPS) is 29.3. The molecule has 6 heteroatoms. The van der Waals surface area contributed by atoms with Crippen molar-refractivity contribution in [2.45, 2.75) is 70.0 Å². The van der Waals surface area contributed by atoms with Crippen molar-refractivity contribution in [2.75, 3.05) is 6.61 Å². The van der Waals surface area contributed by atoms with Crippen LogP contribution in [0.2, 0.25) is 0 Å². The van der Waals surface area contributed by atoms with E-state index in [4.69, 9.17) is 9.26 Å². The van der Waals surface area contributed by atoms with E-state index in [2.05, 4.69) is 27.2 Å². The number of ether oxygens (including phenoxy) is 1. The molecule has 5 rings (SSSR count). The van der Waals surface area contributed by atoms with Gasteiger partial charge < -0.3 is 9.26 Å². The average molecular weight is 381 g/mol. The lowest BCUT2D eigenvalue weighted by Crippen LogP contribution is -2.46. The van der Waals surface area contributed by atoms with Crippen molar-refractivity contribution >= 4 is 5.97 Å². The van der Waals surface area contributed by atoms with Gasteiger partial charge in [-0.3, -0.25) is 9.69 Å². The fourth-order valence-corrected chi connectivity index (χ4v) is 5.26. The van der Waals surface area contributed by atoms with Crippen molar-refractivity contribution < 1.29 is 14.1 Å². The van der Waals surface area contributed by atoms with Crippen LogP contribution in [0, 0.1) is 5.41 Å². The number of carbonyl (C=O) groups is 1. The van der Waals surface area contributed by atoms with E-state index >= 15 is 0 Å². The third-order valence-corrected chi connectivity index (χ3v) is 6.67. The zero-order valence-electron chi connectivity index (χ0n) is 16.3. The van der Waals surface area contributed by atoms with Gasteiger partial charge in [-0.15, -0.1) is 0 Å². The van der Waals surface area contributed by atoms with Gasteiger partial charge in [0.25, 0.3) is 0 Å². The molecule has 2 aliphatic heterocycles. The molecule has 0 unspecified atom stereocenters. The molecule has 28 heavy (non-hydrogen) atoms. The predicted octanol–water partition coefficient (Wildman–Crippen LogP) is 3.48. The van der Waals surface area contributed by atoms with E-state index < -0.39 is 5.41 Å². The molecule has 6 nitrogen and oxygen atoms in total. The summed E-state index contributed by atoms with van der Waals surface area (Å²) in [6.07, 6.45) is 6.02. The maximum atomic E-state index is 13.2. The van der Waals surface area contributed by atoms with E-state index in [1.54, 1.807) is 0 Å². The molecular weight excluding hydrogens is 354 g/mol. The predicted molar refractivity (Wildman–Crippen MR) is 102 cm³/mol. The molecule has 3 fully saturated rings. The summed E-state index contributed by atoms with van der Waals surface area (Å²) >= 11 is 0. The molecule has 0 N–H and O–H groups in total. The second-order valence-electron chi connectivity index (χ2n) is 8.48. The fraction of sp³-hybridized carbons (Fsp3) is 0.591. The summed E-state index contributed by atoms with van der Waals surface area (Å²) in [7, 11) is 0. The molecule has 3 aliphatic rings. The number of hydrogen-bond acceptors (Lipinski definition) is 6. The third kappa shape index (κ3) is 3.04. The van der Waals surface area contributed by atoms with Crippen LogP contribution in [-0.4, -0.2) is 39.7 Å². The number of nitrogens with zero attached hydrogens (tertiary/aromatic N) is 3. The van der Waals surface area contributed by atoms with E-state index in [0.717, 1.165) is 44.3 Å². The lowest BCUT2D eigenvalue weighted by molar-refractivity contribution is -0.157. The standard InChI is InChI=1S/C22H27N3O3/c1-2-27-21(26)22(12-15-6-4-3-5-7-15)13-17-10-11-18(22)25(17)14-19-23-20(24-28-19)16-8-9-16/h3-7,16-18H,2,8-14H2,1H3/t17-,18+,22+/m1/s1. The molecule has 2 aromatic rings. The summed E-state index contributed by atoms with van der Waals surface area (Å²) in [4.78, 5) is 20.2. The summed E-state index contributed by atoms with van der Waals surface area (Å²) in [5.74, 6) is 1.96. The molecule has 2 bridgehead atoms. The van der Waals surface area contributed by atoms with Crippen molar-refractivity contribution in [3.05, 3.63) is 47.6 Å². The second-order valence-corrected chi connectivity index (χ2v) is 8.48. The van der Waals surface area contributed by atoms with Crippen molar-refractivity contribution in [1.29, 1.82) is 0 Å². The van der Waals surface area contributed by atoms with Gasteiger partial charge in [-0.25, -0.2) is 0 Å². The average Bonchev–Trinajstić information content (AvgIpc) is 3.24. The summed E-state index contributed by atoms with van der Waals surface area (Å²) < 4.78 is 11.1. The van der Waals surface area contributed by atoms with Crippen LogP contribution in [0.15, 0.2) is 34.9 Å². The van der Waals surface area contributed by atoms with E-state index in [1.807, 2.05) is 25.1 Å². The van der Waals surface area contributed by atoms with Crippen LogP contribution in [0.1, 0.15) is 62.2 Å². The first-order valence-corrected chi connectivity index (χ1v) is 10.5. The van der Waals surface area contributed by atoms with Crippen molar-refractivity contribution in [2.24, 2.45) is 5.41 Å². The lowest BCUT2D eigenvalue weighted by Gasteiger charge is -2.35. The van der Waals surface area contributed by atoms with Gasteiger partial charge in [-0.2, -0.15) is 4.98 Å². The van der Waals surface area contributed by atoms with Gasteiger partial charge in [-0.05, 0) is 51.0 Å². The van der Waals surface area contributed by atoms with Crippen LogP contribution in [0.4, 0.5) is 0 Å². The Balaban J connectivity index is 1.40. The summed E-state index contributed by atoms with van der Waals surface area (Å²) in [5.41, 5.74) is 0.705. The van der Waals surface area contributed by atoms with Gasteiger partial charge in [0.1, 0.15) is 0 Å². The first-order valence-electron chi connectivity index (χ1n) is 10.5. The number of benzene rings is 1. The van der Waals surface area contributed by atoms with Gasteiger partial charge in [-0.1, -0.05) is 35.5 Å². The highest BCUT2D eigenvalue weighted by molar-refractivity contribution is 5.79. The Morgan fingerprint density at radius 3 is 2.82 bits per heavy atom. The molecule has 0 radical (unpaired) electrons. The van der Waals surface area contributed by atoms with Crippen LogP contribution >= 0.6 is 0 Å². The number of fused-ring (bicyclic) bond motifs is 2. The molecule has 1 saturated carbocycles. The molecule has 1 aromatic carbocycles. The molecular formula is C22H27N3O3. The SMILES string of the molecule is CCOC(=O)[C@@]1(Cc2ccccc2)C[C@H]2CC[C@@H]1N2Cc1nc(C2CC2)no1. The number of carbonyl (C=O) groups excluding carboxylic acids is 1. The monoisotopic (exact) mass is 381 g/mol.